The summed E-state index contributed by atoms with van der Waals surface area (Å²) in [5.74, 6) is 0.0212. The van der Waals surface area contributed by atoms with E-state index in [2.05, 4.69) is 10.6 Å². The molecule has 0 aromatic heterocycles. The number of carbonyl (C=O) groups is 2. The fraction of sp³-hybridized carbons (Fsp3) is 0.857. The fourth-order valence-electron chi connectivity index (χ4n) is 2.46. The maximum atomic E-state index is 11.9. The molecule has 0 radical (unpaired) electrons. The first-order valence-electron chi connectivity index (χ1n) is 7.44. The number of nitrogens with zero attached hydrogens (tertiary/aromatic N) is 1. The summed E-state index contributed by atoms with van der Waals surface area (Å²) in [5, 5.41) is 5.83. The highest BCUT2D eigenvalue weighted by atomic mass is 16.2. The molecule has 0 unspecified atom stereocenters. The molecule has 0 saturated heterocycles. The van der Waals surface area contributed by atoms with Gasteiger partial charge in [-0.2, -0.15) is 0 Å². The molecule has 110 valence electrons. The number of rotatable bonds is 7. The lowest BCUT2D eigenvalue weighted by atomic mass is 9.95. The van der Waals surface area contributed by atoms with E-state index in [1.807, 2.05) is 18.7 Å². The molecule has 0 atom stereocenters. The largest absolute Gasteiger partial charge is 0.355 e. The third kappa shape index (κ3) is 6.57. The Hall–Kier alpha value is -1.10. The van der Waals surface area contributed by atoms with Crippen molar-refractivity contribution in [2.45, 2.75) is 52.0 Å². The minimum Gasteiger partial charge on any atom is -0.355 e. The van der Waals surface area contributed by atoms with E-state index in [1.165, 1.54) is 19.3 Å². The third-order valence-electron chi connectivity index (χ3n) is 3.53. The van der Waals surface area contributed by atoms with Gasteiger partial charge in [-0.15, -0.1) is 0 Å². The smallest absolute Gasteiger partial charge is 0.234 e. The summed E-state index contributed by atoms with van der Waals surface area (Å²) in [5.41, 5.74) is 0. The van der Waals surface area contributed by atoms with E-state index in [0.29, 0.717) is 32.2 Å². The second-order valence-electron chi connectivity index (χ2n) is 5.16. The predicted octanol–water partition coefficient (Wildman–Crippen LogP) is 0.893. The first-order valence-corrected chi connectivity index (χ1v) is 7.44. The quantitative estimate of drug-likeness (QED) is 0.721. The van der Waals surface area contributed by atoms with Crippen molar-refractivity contribution in [2.24, 2.45) is 0 Å². The molecular formula is C14H27N3O2. The molecule has 5 heteroatoms. The molecule has 1 fully saturated rings. The number of amides is 2. The minimum atomic E-state index is -0.0187. The van der Waals surface area contributed by atoms with Gasteiger partial charge in [0.05, 0.1) is 13.1 Å². The Morgan fingerprint density at radius 1 is 1.05 bits per heavy atom. The number of hydrogen-bond donors (Lipinski definition) is 2. The molecule has 0 aromatic rings. The summed E-state index contributed by atoms with van der Waals surface area (Å²) in [6.07, 6.45) is 5.88. The zero-order valence-corrected chi connectivity index (χ0v) is 12.2. The van der Waals surface area contributed by atoms with Gasteiger partial charge in [0.1, 0.15) is 0 Å². The van der Waals surface area contributed by atoms with Crippen molar-refractivity contribution in [3.63, 3.8) is 0 Å². The van der Waals surface area contributed by atoms with Crippen LogP contribution in [0.2, 0.25) is 0 Å². The van der Waals surface area contributed by atoms with Crippen LogP contribution in [0, 0.1) is 0 Å². The van der Waals surface area contributed by atoms with Crippen molar-refractivity contribution in [1.82, 2.24) is 15.5 Å². The average molecular weight is 269 g/mol. The van der Waals surface area contributed by atoms with E-state index in [9.17, 15) is 9.59 Å². The molecule has 19 heavy (non-hydrogen) atoms. The summed E-state index contributed by atoms with van der Waals surface area (Å²) < 4.78 is 0. The van der Waals surface area contributed by atoms with Crippen molar-refractivity contribution in [2.75, 3.05) is 26.2 Å². The molecule has 2 N–H and O–H groups in total. The Labute approximate surface area is 116 Å². The zero-order valence-electron chi connectivity index (χ0n) is 12.2. The Kier molecular flexibility index (Phi) is 7.48. The van der Waals surface area contributed by atoms with Crippen LogP contribution in [-0.4, -0.2) is 48.9 Å². The maximum absolute atomic E-state index is 11.9. The van der Waals surface area contributed by atoms with Crippen molar-refractivity contribution in [3.8, 4) is 0 Å². The second-order valence-corrected chi connectivity index (χ2v) is 5.16. The van der Waals surface area contributed by atoms with Crippen molar-refractivity contribution >= 4 is 11.8 Å². The highest BCUT2D eigenvalue weighted by molar-refractivity contribution is 5.81. The maximum Gasteiger partial charge on any atom is 0.234 e. The van der Waals surface area contributed by atoms with Crippen LogP contribution in [0.4, 0.5) is 0 Å². The predicted molar refractivity (Wildman–Crippen MR) is 75.8 cm³/mol. The molecule has 0 spiro atoms. The van der Waals surface area contributed by atoms with Gasteiger partial charge in [0, 0.05) is 12.6 Å². The third-order valence-corrected chi connectivity index (χ3v) is 3.53. The lowest BCUT2D eigenvalue weighted by Gasteiger charge is -2.25. The second kappa shape index (κ2) is 8.91. The molecule has 0 heterocycles. The Morgan fingerprint density at radius 2 is 1.68 bits per heavy atom. The molecule has 1 aliphatic rings. The minimum absolute atomic E-state index is 0.0187. The molecule has 5 nitrogen and oxygen atoms in total. The van der Waals surface area contributed by atoms with Gasteiger partial charge in [-0.3, -0.25) is 14.5 Å². The van der Waals surface area contributed by atoms with Gasteiger partial charge in [-0.25, -0.2) is 0 Å². The molecule has 0 aliphatic heterocycles. The Morgan fingerprint density at radius 3 is 2.26 bits per heavy atom. The Balaban J connectivity index is 2.29. The van der Waals surface area contributed by atoms with Crippen molar-refractivity contribution in [3.05, 3.63) is 0 Å². The lowest BCUT2D eigenvalue weighted by Crippen LogP contribution is -2.45. The summed E-state index contributed by atoms with van der Waals surface area (Å²) in [6, 6.07) is 0.337. The lowest BCUT2D eigenvalue weighted by molar-refractivity contribution is -0.125. The average Bonchev–Trinajstić information content (AvgIpc) is 2.39. The number of carbonyl (C=O) groups excluding carboxylic acids is 2. The van der Waals surface area contributed by atoms with Gasteiger partial charge in [0.2, 0.25) is 11.8 Å². The van der Waals surface area contributed by atoms with Crippen LogP contribution in [0.3, 0.4) is 0 Å². The summed E-state index contributed by atoms with van der Waals surface area (Å²) in [7, 11) is 0. The topological polar surface area (TPSA) is 61.4 Å². The molecule has 1 saturated carbocycles. The van der Waals surface area contributed by atoms with Crippen LogP contribution in [0.5, 0.6) is 0 Å². The monoisotopic (exact) mass is 269 g/mol. The number of nitrogens with one attached hydrogen (secondary N) is 2. The highest BCUT2D eigenvalue weighted by Gasteiger charge is 2.18. The number of hydrogen-bond acceptors (Lipinski definition) is 3. The van der Waals surface area contributed by atoms with Crippen LogP contribution in [0.1, 0.15) is 46.0 Å². The SMILES string of the molecule is CCNC(=O)CN(CC)CC(=O)NC1CCCCC1. The molecular weight excluding hydrogens is 242 g/mol. The first kappa shape index (κ1) is 16.0. The van der Waals surface area contributed by atoms with E-state index in [-0.39, 0.29) is 11.8 Å². The van der Waals surface area contributed by atoms with Gasteiger partial charge in [-0.1, -0.05) is 26.2 Å². The van der Waals surface area contributed by atoms with Gasteiger partial charge >= 0.3 is 0 Å². The van der Waals surface area contributed by atoms with Crippen molar-refractivity contribution < 1.29 is 9.59 Å². The molecule has 0 bridgehead atoms. The van der Waals surface area contributed by atoms with Gasteiger partial charge in [-0.05, 0) is 26.3 Å². The van der Waals surface area contributed by atoms with Crippen LogP contribution in [0.15, 0.2) is 0 Å². The highest BCUT2D eigenvalue weighted by Crippen LogP contribution is 2.17. The van der Waals surface area contributed by atoms with Gasteiger partial charge in [0.25, 0.3) is 0 Å². The molecule has 2 amide bonds. The van der Waals surface area contributed by atoms with E-state index in [1.54, 1.807) is 0 Å². The molecule has 1 rings (SSSR count). The van der Waals surface area contributed by atoms with Crippen LogP contribution < -0.4 is 10.6 Å². The summed E-state index contributed by atoms with van der Waals surface area (Å²) in [4.78, 5) is 25.3. The van der Waals surface area contributed by atoms with Crippen LogP contribution >= 0.6 is 0 Å². The van der Waals surface area contributed by atoms with Crippen molar-refractivity contribution in [1.29, 1.82) is 0 Å². The zero-order chi connectivity index (χ0) is 14.1. The van der Waals surface area contributed by atoms with E-state index >= 15 is 0 Å². The molecule has 0 aromatic carbocycles. The van der Waals surface area contributed by atoms with Gasteiger partial charge in [0.15, 0.2) is 0 Å². The van der Waals surface area contributed by atoms with Crippen LogP contribution in [0.25, 0.3) is 0 Å². The van der Waals surface area contributed by atoms with E-state index in [4.69, 9.17) is 0 Å². The fourth-order valence-corrected chi connectivity index (χ4v) is 2.46. The number of likely N-dealkylation sites (N-methyl/N-ethyl adjacent to an activating group) is 2. The van der Waals surface area contributed by atoms with Crippen LogP contribution in [-0.2, 0) is 9.59 Å². The first-order chi connectivity index (χ1) is 9.15. The standard InChI is InChI=1S/C14H27N3O2/c1-3-15-13(18)10-17(4-2)11-14(19)16-12-8-6-5-7-9-12/h12H,3-11H2,1-2H3,(H,15,18)(H,16,19). The molecule has 1 aliphatic carbocycles. The Bertz CT molecular complexity index is 288. The van der Waals surface area contributed by atoms with E-state index in [0.717, 1.165) is 12.8 Å². The summed E-state index contributed by atoms with van der Waals surface area (Å²) >= 11 is 0. The van der Waals surface area contributed by atoms with Gasteiger partial charge < -0.3 is 10.6 Å². The van der Waals surface area contributed by atoms with E-state index < -0.39 is 0 Å². The normalized spacial score (nSPS) is 16.4. The summed E-state index contributed by atoms with van der Waals surface area (Å²) in [6.45, 7) is 5.80.